The van der Waals surface area contributed by atoms with Gasteiger partial charge in [0.25, 0.3) is 5.91 Å². The zero-order valence-electron chi connectivity index (χ0n) is 18.5. The molecule has 4 rings (SSSR count). The maximum Gasteiger partial charge on any atom is 0.324 e. The quantitative estimate of drug-likeness (QED) is 0.563. The van der Waals surface area contributed by atoms with Crippen molar-refractivity contribution in [1.29, 1.82) is 0 Å². The third kappa shape index (κ3) is 4.93. The SMILES string of the molecule is CCC/C=C\C=NCNC(=O)N1c2nc(C(=O)N[C@H]3CC[C@H](O)C3)ccc2N2CC[C@H]1C2. The molecule has 9 heteroatoms. The van der Waals surface area contributed by atoms with Gasteiger partial charge >= 0.3 is 6.03 Å². The highest BCUT2D eigenvalue weighted by atomic mass is 16.3. The standard InChI is InChI=1S/C23H32N6O3/c1-2-3-4-5-11-24-15-25-23(32)29-17-10-12-28(14-17)20-9-8-19(27-21(20)29)22(31)26-16-6-7-18(30)13-16/h4-5,8-9,11,16-18,30H,2-3,6-7,10,12-15H2,1H3,(H,25,32)(H,26,31)/b5-4-,24-11?/t16-,17-,18-/m0/s1. The second-order valence-electron chi connectivity index (χ2n) is 8.62. The number of fused-ring (bicyclic) bond motifs is 4. The van der Waals surface area contributed by atoms with Gasteiger partial charge in [0.05, 0.1) is 17.8 Å². The number of aliphatic hydroxyl groups is 1. The number of rotatable bonds is 7. The van der Waals surface area contributed by atoms with Crippen molar-refractivity contribution in [3.8, 4) is 0 Å². The fourth-order valence-corrected chi connectivity index (χ4v) is 4.58. The van der Waals surface area contributed by atoms with E-state index in [-0.39, 0.29) is 42.5 Å². The molecule has 2 fully saturated rings. The van der Waals surface area contributed by atoms with Crippen LogP contribution in [-0.4, -0.2) is 66.2 Å². The predicted octanol–water partition coefficient (Wildman–Crippen LogP) is 2.22. The van der Waals surface area contributed by atoms with Gasteiger partial charge in [-0.25, -0.2) is 9.78 Å². The number of nitrogens with one attached hydrogen (secondary N) is 2. The Bertz CT molecular complexity index is 902. The van der Waals surface area contributed by atoms with E-state index in [4.69, 9.17) is 0 Å². The topological polar surface area (TPSA) is 110 Å². The number of carbonyl (C=O) groups excluding carboxylic acids is 2. The number of aliphatic hydroxyl groups excluding tert-OH is 1. The minimum Gasteiger partial charge on any atom is -0.393 e. The summed E-state index contributed by atoms with van der Waals surface area (Å²) < 4.78 is 0. The molecule has 3 N–H and O–H groups in total. The van der Waals surface area contributed by atoms with Crippen LogP contribution in [-0.2, 0) is 0 Å². The van der Waals surface area contributed by atoms with Crippen LogP contribution < -0.4 is 20.4 Å². The number of hydrogen-bond acceptors (Lipinski definition) is 6. The first kappa shape index (κ1) is 22.3. The van der Waals surface area contributed by atoms with E-state index in [1.807, 2.05) is 18.2 Å². The summed E-state index contributed by atoms with van der Waals surface area (Å²) >= 11 is 0. The molecule has 0 unspecified atom stereocenters. The summed E-state index contributed by atoms with van der Waals surface area (Å²) in [5.41, 5.74) is 1.15. The monoisotopic (exact) mass is 440 g/mol. The molecule has 3 atom stereocenters. The number of hydrogen-bond donors (Lipinski definition) is 3. The number of pyridine rings is 1. The Kier molecular flexibility index (Phi) is 7.04. The van der Waals surface area contributed by atoms with Crippen LogP contribution in [0.1, 0.15) is 55.9 Å². The lowest BCUT2D eigenvalue weighted by atomic mass is 10.1. The Balaban J connectivity index is 1.46. The van der Waals surface area contributed by atoms with Crippen LogP contribution in [0.4, 0.5) is 16.3 Å². The summed E-state index contributed by atoms with van der Waals surface area (Å²) in [6.45, 7) is 3.91. The van der Waals surface area contributed by atoms with E-state index in [0.29, 0.717) is 18.7 Å². The van der Waals surface area contributed by atoms with Crippen LogP contribution in [0.5, 0.6) is 0 Å². The van der Waals surface area contributed by atoms with Gasteiger partial charge < -0.3 is 20.6 Å². The van der Waals surface area contributed by atoms with Gasteiger partial charge in [0.1, 0.15) is 12.4 Å². The first-order valence-corrected chi connectivity index (χ1v) is 11.5. The molecule has 1 aromatic heterocycles. The summed E-state index contributed by atoms with van der Waals surface area (Å²) in [7, 11) is 0. The number of aromatic nitrogens is 1. The van der Waals surface area contributed by atoms with Gasteiger partial charge in [0, 0.05) is 25.3 Å². The Morgan fingerprint density at radius 2 is 2.19 bits per heavy atom. The first-order valence-electron chi connectivity index (χ1n) is 11.5. The smallest absolute Gasteiger partial charge is 0.324 e. The van der Waals surface area contributed by atoms with Gasteiger partial charge in [-0.3, -0.25) is 14.7 Å². The van der Waals surface area contributed by atoms with Crippen molar-refractivity contribution < 1.29 is 14.7 Å². The Labute approximate surface area is 188 Å². The zero-order valence-corrected chi connectivity index (χ0v) is 18.5. The van der Waals surface area contributed by atoms with Crippen LogP contribution >= 0.6 is 0 Å². The summed E-state index contributed by atoms with van der Waals surface area (Å²) in [6.07, 6.45) is 10.2. The second kappa shape index (κ2) is 10.1. The second-order valence-corrected chi connectivity index (χ2v) is 8.62. The van der Waals surface area contributed by atoms with Gasteiger partial charge in [-0.2, -0.15) is 0 Å². The number of aliphatic imine (C=N–C) groups is 1. The molecule has 0 spiro atoms. The minimum atomic E-state index is -0.357. The molecule has 172 valence electrons. The molecule has 0 radical (unpaired) electrons. The lowest BCUT2D eigenvalue weighted by Gasteiger charge is -2.35. The Morgan fingerprint density at radius 1 is 1.31 bits per heavy atom. The van der Waals surface area contributed by atoms with Crippen molar-refractivity contribution in [1.82, 2.24) is 15.6 Å². The van der Waals surface area contributed by atoms with E-state index in [2.05, 4.69) is 32.4 Å². The minimum absolute atomic E-state index is 0.0201. The molecule has 32 heavy (non-hydrogen) atoms. The van der Waals surface area contributed by atoms with Crippen LogP contribution in [0.3, 0.4) is 0 Å². The van der Waals surface area contributed by atoms with Gasteiger partial charge in [-0.15, -0.1) is 0 Å². The fraction of sp³-hybridized carbons (Fsp3) is 0.565. The maximum atomic E-state index is 13.0. The van der Waals surface area contributed by atoms with E-state index in [0.717, 1.165) is 44.5 Å². The predicted molar refractivity (Wildman–Crippen MR) is 124 cm³/mol. The highest BCUT2D eigenvalue weighted by Crippen LogP contribution is 2.38. The molecule has 1 saturated heterocycles. The molecule has 3 heterocycles. The molecular formula is C23H32N6O3. The van der Waals surface area contributed by atoms with Gasteiger partial charge in [0.2, 0.25) is 0 Å². The molecular weight excluding hydrogens is 408 g/mol. The Hall–Kier alpha value is -2.94. The van der Waals surface area contributed by atoms with Crippen LogP contribution in [0, 0.1) is 0 Å². The summed E-state index contributed by atoms with van der Waals surface area (Å²) in [6, 6.07) is 3.31. The molecule has 3 amide bonds. The number of carbonyl (C=O) groups is 2. The van der Waals surface area contributed by atoms with Crippen molar-refractivity contribution in [2.75, 3.05) is 29.6 Å². The van der Waals surface area contributed by atoms with Crippen molar-refractivity contribution in [2.24, 2.45) is 4.99 Å². The van der Waals surface area contributed by atoms with Crippen LogP contribution in [0.2, 0.25) is 0 Å². The van der Waals surface area contributed by atoms with Crippen LogP contribution in [0.25, 0.3) is 0 Å². The van der Waals surface area contributed by atoms with E-state index in [9.17, 15) is 14.7 Å². The number of nitrogens with zero attached hydrogens (tertiary/aromatic N) is 4. The third-order valence-electron chi connectivity index (χ3n) is 6.25. The molecule has 1 aliphatic carbocycles. The summed E-state index contributed by atoms with van der Waals surface area (Å²) in [5.74, 6) is 0.242. The molecule has 0 aromatic carbocycles. The van der Waals surface area contributed by atoms with E-state index >= 15 is 0 Å². The molecule has 1 aromatic rings. The zero-order chi connectivity index (χ0) is 22.5. The highest BCUT2D eigenvalue weighted by Gasteiger charge is 2.40. The fourth-order valence-electron chi connectivity index (χ4n) is 4.58. The van der Waals surface area contributed by atoms with Crippen LogP contribution in [0.15, 0.2) is 29.3 Å². The van der Waals surface area contributed by atoms with Crippen molar-refractivity contribution >= 4 is 29.7 Å². The highest BCUT2D eigenvalue weighted by molar-refractivity contribution is 5.99. The maximum absolute atomic E-state index is 13.0. The molecule has 9 nitrogen and oxygen atoms in total. The summed E-state index contributed by atoms with van der Waals surface area (Å²) in [4.78, 5) is 38.5. The molecule has 3 aliphatic rings. The third-order valence-corrected chi connectivity index (χ3v) is 6.25. The molecule has 2 aliphatic heterocycles. The lowest BCUT2D eigenvalue weighted by molar-refractivity contribution is 0.0929. The number of allylic oxidation sites excluding steroid dienone is 2. The van der Waals surface area contributed by atoms with Crippen molar-refractivity contribution in [3.63, 3.8) is 0 Å². The lowest BCUT2D eigenvalue weighted by Crippen LogP contribution is -2.51. The number of urea groups is 1. The largest absolute Gasteiger partial charge is 0.393 e. The number of unbranched alkanes of at least 4 members (excludes halogenated alkanes) is 1. The average molecular weight is 441 g/mol. The van der Waals surface area contributed by atoms with Gasteiger partial charge in [0.15, 0.2) is 5.82 Å². The van der Waals surface area contributed by atoms with Gasteiger partial charge in [-0.05, 0) is 50.3 Å². The number of anilines is 2. The summed E-state index contributed by atoms with van der Waals surface area (Å²) in [5, 5.41) is 15.5. The average Bonchev–Trinajstić information content (AvgIpc) is 3.39. The van der Waals surface area contributed by atoms with Gasteiger partial charge in [-0.1, -0.05) is 19.4 Å². The molecule has 2 bridgehead atoms. The van der Waals surface area contributed by atoms with Crippen molar-refractivity contribution in [3.05, 3.63) is 30.0 Å². The van der Waals surface area contributed by atoms with E-state index in [1.165, 1.54) is 0 Å². The Morgan fingerprint density at radius 3 is 2.97 bits per heavy atom. The van der Waals surface area contributed by atoms with Crippen molar-refractivity contribution in [2.45, 2.75) is 63.6 Å². The van der Waals surface area contributed by atoms with E-state index < -0.39 is 0 Å². The number of amides is 3. The van der Waals surface area contributed by atoms with E-state index in [1.54, 1.807) is 17.2 Å². The normalized spacial score (nSPS) is 24.4. The first-order chi connectivity index (χ1) is 15.6. The molecule has 1 saturated carbocycles.